The predicted octanol–water partition coefficient (Wildman–Crippen LogP) is 4.58. The topological polar surface area (TPSA) is 88.3 Å². The largest absolute Gasteiger partial charge is 0.349 e. The van der Waals surface area contributed by atoms with Crippen LogP contribution in [0.3, 0.4) is 0 Å². The molecule has 0 saturated carbocycles. The van der Waals surface area contributed by atoms with E-state index in [2.05, 4.69) is 16.9 Å². The second-order valence-electron chi connectivity index (χ2n) is 8.86. The van der Waals surface area contributed by atoms with Gasteiger partial charge >= 0.3 is 0 Å². The summed E-state index contributed by atoms with van der Waals surface area (Å²) in [5.41, 5.74) is 9.26. The van der Waals surface area contributed by atoms with E-state index >= 15 is 0 Å². The summed E-state index contributed by atoms with van der Waals surface area (Å²) in [5, 5.41) is 2.89. The van der Waals surface area contributed by atoms with Gasteiger partial charge in [0.05, 0.1) is 12.2 Å². The van der Waals surface area contributed by atoms with Crippen molar-refractivity contribution < 1.29 is 14.0 Å². The maximum atomic E-state index is 12.9. The van der Waals surface area contributed by atoms with Gasteiger partial charge in [0.25, 0.3) is 0 Å². The number of aromatic nitrogens is 1. The van der Waals surface area contributed by atoms with Crippen molar-refractivity contribution in [3.05, 3.63) is 114 Å². The van der Waals surface area contributed by atoms with Crippen LogP contribution in [0.5, 0.6) is 0 Å². The molecule has 3 aromatic rings. The Morgan fingerprint density at radius 2 is 1.76 bits per heavy atom. The average Bonchev–Trinajstić information content (AvgIpc) is 2.89. The molecule has 1 aliphatic heterocycles. The highest BCUT2D eigenvalue weighted by Gasteiger charge is 2.32. The van der Waals surface area contributed by atoms with E-state index in [0.717, 1.165) is 16.8 Å². The van der Waals surface area contributed by atoms with E-state index in [1.807, 2.05) is 62.4 Å². The van der Waals surface area contributed by atoms with E-state index in [1.54, 1.807) is 29.3 Å². The fraction of sp³-hybridized carbons (Fsp3) is 0.300. The number of rotatable bonds is 5. The van der Waals surface area contributed by atoms with Crippen LogP contribution in [0.4, 0.5) is 4.39 Å². The molecule has 6 nitrogen and oxygen atoms in total. The molecule has 0 radical (unpaired) electrons. The van der Waals surface area contributed by atoms with Crippen LogP contribution in [0.25, 0.3) is 0 Å². The second kappa shape index (κ2) is 15.3. The zero-order chi connectivity index (χ0) is 27.2. The smallest absolute Gasteiger partial charge is 0.243 e. The van der Waals surface area contributed by atoms with Gasteiger partial charge in [0.2, 0.25) is 11.8 Å². The van der Waals surface area contributed by atoms with E-state index in [0.29, 0.717) is 31.5 Å². The molecule has 4 rings (SSSR count). The number of halogens is 1. The first-order valence-corrected chi connectivity index (χ1v) is 12.3. The summed E-state index contributed by atoms with van der Waals surface area (Å²) >= 11 is 0. The molecule has 1 aliphatic rings. The van der Waals surface area contributed by atoms with Gasteiger partial charge in [-0.05, 0) is 55.2 Å². The van der Waals surface area contributed by atoms with Crippen molar-refractivity contribution in [3.63, 3.8) is 0 Å². The Morgan fingerprint density at radius 1 is 1.14 bits per heavy atom. The number of carbonyl (C=O) groups is 2. The number of benzene rings is 2. The number of hydrogen-bond donors (Lipinski definition) is 2. The lowest BCUT2D eigenvalue weighted by molar-refractivity contribution is -0.140. The van der Waals surface area contributed by atoms with Gasteiger partial charge < -0.3 is 16.0 Å². The number of fused-ring (bicyclic) bond motifs is 1. The molecule has 1 unspecified atom stereocenters. The van der Waals surface area contributed by atoms with Crippen LogP contribution in [-0.2, 0) is 35.5 Å². The molecular formula is C30H37FN4O2. The lowest BCUT2D eigenvalue weighted by Crippen LogP contribution is -2.51. The number of nitrogens with one attached hydrogen (secondary N) is 1. The van der Waals surface area contributed by atoms with Gasteiger partial charge in [-0.1, -0.05) is 54.6 Å². The molecule has 2 amide bonds. The van der Waals surface area contributed by atoms with Crippen LogP contribution in [0.2, 0.25) is 0 Å². The van der Waals surface area contributed by atoms with E-state index in [4.69, 9.17) is 5.73 Å². The monoisotopic (exact) mass is 504 g/mol. The molecule has 0 spiro atoms. The first-order chi connectivity index (χ1) is 17.8. The van der Waals surface area contributed by atoms with Crippen LogP contribution < -0.4 is 11.1 Å². The van der Waals surface area contributed by atoms with Crippen LogP contribution >= 0.6 is 0 Å². The summed E-state index contributed by atoms with van der Waals surface area (Å²) < 4.78 is 12.9. The summed E-state index contributed by atoms with van der Waals surface area (Å²) in [7, 11) is 0. The minimum absolute atomic E-state index is 0.0203. The van der Waals surface area contributed by atoms with Crippen molar-refractivity contribution >= 4 is 11.8 Å². The number of hydrogen-bond acceptors (Lipinski definition) is 4. The number of carbonyl (C=O) groups excluding carboxylic acids is 2. The van der Waals surface area contributed by atoms with Gasteiger partial charge in [-0.2, -0.15) is 0 Å². The van der Waals surface area contributed by atoms with E-state index < -0.39 is 6.04 Å². The summed E-state index contributed by atoms with van der Waals surface area (Å²) in [6, 6.07) is 19.8. The SMILES string of the molecule is C=CC.CC(=O)N1Cc2ccccc2C[C@H]1C(=O)NCc1ccccn1.CC(N)Cc1ccccc1F. The summed E-state index contributed by atoms with van der Waals surface area (Å²) in [4.78, 5) is 30.3. The molecule has 2 atom stereocenters. The fourth-order valence-electron chi connectivity index (χ4n) is 3.90. The molecule has 0 aliphatic carbocycles. The minimum Gasteiger partial charge on any atom is -0.349 e. The number of allylic oxidation sites excluding steroid dienone is 1. The average molecular weight is 505 g/mol. The lowest BCUT2D eigenvalue weighted by atomic mass is 9.93. The molecule has 7 heteroatoms. The van der Waals surface area contributed by atoms with Crippen molar-refractivity contribution in [1.29, 1.82) is 0 Å². The lowest BCUT2D eigenvalue weighted by Gasteiger charge is -2.35. The first kappa shape index (κ1) is 29.4. The van der Waals surface area contributed by atoms with Gasteiger partial charge in [0, 0.05) is 32.1 Å². The van der Waals surface area contributed by atoms with Gasteiger partial charge in [0.15, 0.2) is 0 Å². The predicted molar refractivity (Wildman–Crippen MR) is 146 cm³/mol. The molecule has 0 saturated heterocycles. The maximum absolute atomic E-state index is 12.9. The van der Waals surface area contributed by atoms with Gasteiger partial charge in [-0.25, -0.2) is 4.39 Å². The molecule has 3 N–H and O–H groups in total. The highest BCUT2D eigenvalue weighted by atomic mass is 19.1. The highest BCUT2D eigenvalue weighted by Crippen LogP contribution is 2.23. The van der Waals surface area contributed by atoms with Crippen molar-refractivity contribution in [2.75, 3.05) is 0 Å². The Morgan fingerprint density at radius 3 is 2.35 bits per heavy atom. The number of pyridine rings is 1. The zero-order valence-corrected chi connectivity index (χ0v) is 21.9. The Balaban J connectivity index is 0.000000287. The third-order valence-corrected chi connectivity index (χ3v) is 5.63. The quantitative estimate of drug-likeness (QED) is 0.498. The van der Waals surface area contributed by atoms with E-state index in [9.17, 15) is 14.0 Å². The van der Waals surface area contributed by atoms with Crippen molar-refractivity contribution in [1.82, 2.24) is 15.2 Å². The maximum Gasteiger partial charge on any atom is 0.243 e. The molecule has 0 fully saturated rings. The Bertz CT molecular complexity index is 1150. The Kier molecular flexibility index (Phi) is 12.2. The van der Waals surface area contributed by atoms with E-state index in [1.165, 1.54) is 13.0 Å². The first-order valence-electron chi connectivity index (χ1n) is 12.3. The van der Waals surface area contributed by atoms with E-state index in [-0.39, 0.29) is 23.7 Å². The van der Waals surface area contributed by atoms with Gasteiger partial charge in [0.1, 0.15) is 11.9 Å². The Hall–Kier alpha value is -3.84. The normalized spacial score (nSPS) is 14.5. The summed E-state index contributed by atoms with van der Waals surface area (Å²) in [5.74, 6) is -0.386. The number of nitrogens with two attached hydrogens (primary N) is 1. The molecule has 2 heterocycles. The Labute approximate surface area is 219 Å². The fourth-order valence-corrected chi connectivity index (χ4v) is 3.90. The third-order valence-electron chi connectivity index (χ3n) is 5.63. The molecular weight excluding hydrogens is 467 g/mol. The van der Waals surface area contributed by atoms with Crippen LogP contribution in [-0.4, -0.2) is 33.8 Å². The van der Waals surface area contributed by atoms with Gasteiger partial charge in [-0.3, -0.25) is 14.6 Å². The summed E-state index contributed by atoms with van der Waals surface area (Å²) in [6.07, 6.45) is 4.59. The minimum atomic E-state index is -0.467. The standard InChI is InChI=1S/C18H19N3O2.C9H12FN.C3H6/c1-13(22)21-12-15-7-3-2-6-14(15)10-17(21)18(23)20-11-16-8-4-5-9-19-16;1-7(11)6-8-4-2-3-5-9(8)10;1-3-2/h2-9,17H,10-12H2,1H3,(H,20,23);2-5,7H,6,11H2,1H3;3H,1H2,2H3/t17-;;/m0../s1. The van der Waals surface area contributed by atoms with Crippen molar-refractivity contribution in [2.24, 2.45) is 5.73 Å². The molecule has 2 aromatic carbocycles. The molecule has 196 valence electrons. The third kappa shape index (κ3) is 9.61. The van der Waals surface area contributed by atoms with Crippen molar-refractivity contribution in [2.45, 2.75) is 58.8 Å². The second-order valence-corrected chi connectivity index (χ2v) is 8.86. The number of nitrogens with zero attached hydrogens (tertiary/aromatic N) is 2. The van der Waals surface area contributed by atoms with Gasteiger partial charge in [-0.15, -0.1) is 6.58 Å². The number of amides is 2. The summed E-state index contributed by atoms with van der Waals surface area (Å²) in [6.45, 7) is 9.47. The van der Waals surface area contributed by atoms with Crippen LogP contribution in [0, 0.1) is 5.82 Å². The van der Waals surface area contributed by atoms with Crippen LogP contribution in [0.1, 0.15) is 43.2 Å². The zero-order valence-electron chi connectivity index (χ0n) is 21.9. The van der Waals surface area contributed by atoms with Crippen molar-refractivity contribution in [3.8, 4) is 0 Å². The van der Waals surface area contributed by atoms with Crippen LogP contribution in [0.15, 0.2) is 85.6 Å². The highest BCUT2D eigenvalue weighted by molar-refractivity contribution is 5.87. The molecule has 1 aromatic heterocycles. The molecule has 0 bridgehead atoms. The molecule has 37 heavy (non-hydrogen) atoms.